The number of rotatable bonds is 1. The molecule has 0 aromatic heterocycles. The Balaban J connectivity index is 2.83. The van der Waals surface area contributed by atoms with Gasteiger partial charge in [-0.05, 0) is 10.8 Å². The zero-order chi connectivity index (χ0) is 9.57. The van der Waals surface area contributed by atoms with Crippen LogP contribution in [0.4, 0.5) is 0 Å². The first kappa shape index (κ1) is 9.65. The van der Waals surface area contributed by atoms with E-state index in [0.717, 1.165) is 0 Å². The maximum absolute atomic E-state index is 3.29. The van der Waals surface area contributed by atoms with Crippen LogP contribution < -0.4 is 0 Å². The van der Waals surface area contributed by atoms with Crippen molar-refractivity contribution in [2.75, 3.05) is 0 Å². The summed E-state index contributed by atoms with van der Waals surface area (Å²) in [5.41, 5.74) is 0.679. The molecule has 0 heterocycles. The Hall–Kier alpha value is -0.440. The summed E-state index contributed by atoms with van der Waals surface area (Å²) < 4.78 is 0. The van der Waals surface area contributed by atoms with E-state index in [2.05, 4.69) is 53.4 Å². The highest BCUT2D eigenvalue weighted by atomic mass is 14.5. The van der Waals surface area contributed by atoms with Gasteiger partial charge in [-0.25, -0.2) is 0 Å². The van der Waals surface area contributed by atoms with Gasteiger partial charge in [-0.3, -0.25) is 0 Å². The Morgan fingerprint density at radius 1 is 0.917 bits per heavy atom. The van der Waals surface area contributed by atoms with Gasteiger partial charge in [0.05, 0.1) is 0 Å². The average Bonchev–Trinajstić information content (AvgIpc) is 1.81. The largest absolute Gasteiger partial charge is 0.0985 e. The molecule has 0 amide bonds. The molecule has 0 spiro atoms. The van der Waals surface area contributed by atoms with Crippen LogP contribution in [-0.4, -0.2) is 0 Å². The molecule has 0 N–H and O–H groups in total. The second-order valence-electron chi connectivity index (χ2n) is 5.53. The molecule has 1 aliphatic rings. The molecule has 0 aromatic rings. The Labute approximate surface area is 76.7 Å². The molecule has 2 atom stereocenters. The van der Waals surface area contributed by atoms with Gasteiger partial charge in [0.15, 0.2) is 0 Å². The van der Waals surface area contributed by atoms with Gasteiger partial charge in [0.25, 0.3) is 0 Å². The first-order chi connectivity index (χ1) is 5.27. The van der Waals surface area contributed by atoms with Gasteiger partial charge in [-0.1, -0.05) is 53.4 Å². The molecular weight excluding hydrogens is 144 g/mol. The smallest absolute Gasteiger partial charge is 0.0393 e. The van der Waals surface area contributed by atoms with Crippen LogP contribution in [0.1, 0.15) is 41.5 Å². The SMILES string of the molecule is CC1C#CC1C(C)(C)C(C)(C)C. The summed E-state index contributed by atoms with van der Waals surface area (Å²) in [4.78, 5) is 0. The van der Waals surface area contributed by atoms with Gasteiger partial charge >= 0.3 is 0 Å². The summed E-state index contributed by atoms with van der Waals surface area (Å²) in [7, 11) is 0. The summed E-state index contributed by atoms with van der Waals surface area (Å²) in [5, 5.41) is 0. The van der Waals surface area contributed by atoms with Gasteiger partial charge in [0.1, 0.15) is 0 Å². The van der Waals surface area contributed by atoms with Crippen LogP contribution in [0.25, 0.3) is 0 Å². The molecule has 0 aliphatic heterocycles. The third kappa shape index (κ3) is 1.26. The number of hydrogen-bond donors (Lipinski definition) is 0. The van der Waals surface area contributed by atoms with Crippen molar-refractivity contribution in [1.29, 1.82) is 0 Å². The second kappa shape index (κ2) is 2.52. The highest BCUT2D eigenvalue weighted by Crippen LogP contribution is 2.48. The predicted octanol–water partition coefficient (Wildman–Crippen LogP) is 3.33. The van der Waals surface area contributed by atoms with E-state index in [9.17, 15) is 0 Å². The van der Waals surface area contributed by atoms with Crippen LogP contribution in [0.3, 0.4) is 0 Å². The van der Waals surface area contributed by atoms with Crippen molar-refractivity contribution in [2.24, 2.45) is 22.7 Å². The second-order valence-corrected chi connectivity index (χ2v) is 5.53. The minimum Gasteiger partial charge on any atom is -0.0985 e. The molecule has 1 rings (SSSR count). The maximum Gasteiger partial charge on any atom is 0.0393 e. The molecule has 68 valence electrons. The lowest BCUT2D eigenvalue weighted by Gasteiger charge is -2.46. The lowest BCUT2D eigenvalue weighted by atomic mass is 9.57. The first-order valence-corrected chi connectivity index (χ1v) is 4.78. The predicted molar refractivity (Wildman–Crippen MR) is 53.7 cm³/mol. The fourth-order valence-electron chi connectivity index (χ4n) is 1.61. The Kier molecular flexibility index (Phi) is 2.03. The summed E-state index contributed by atoms with van der Waals surface area (Å²) in [6.07, 6.45) is 0. The summed E-state index contributed by atoms with van der Waals surface area (Å²) in [6.45, 7) is 13.8. The average molecular weight is 164 g/mol. The molecule has 0 fully saturated rings. The minimum absolute atomic E-state index is 0.331. The topological polar surface area (TPSA) is 0 Å². The quantitative estimate of drug-likeness (QED) is 0.521. The Morgan fingerprint density at radius 2 is 1.42 bits per heavy atom. The van der Waals surface area contributed by atoms with E-state index in [1.807, 2.05) is 0 Å². The van der Waals surface area contributed by atoms with Crippen molar-refractivity contribution < 1.29 is 0 Å². The molecule has 0 aromatic carbocycles. The van der Waals surface area contributed by atoms with E-state index < -0.39 is 0 Å². The van der Waals surface area contributed by atoms with Crippen molar-refractivity contribution in [3.8, 4) is 11.8 Å². The van der Waals surface area contributed by atoms with Crippen LogP contribution in [0.15, 0.2) is 0 Å². The highest BCUT2D eigenvalue weighted by molar-refractivity contribution is 5.25. The van der Waals surface area contributed by atoms with Gasteiger partial charge in [0.2, 0.25) is 0 Å². The zero-order valence-corrected chi connectivity index (χ0v) is 9.15. The van der Waals surface area contributed by atoms with Crippen LogP contribution in [0, 0.1) is 34.5 Å². The fourth-order valence-corrected chi connectivity index (χ4v) is 1.61. The number of hydrogen-bond acceptors (Lipinski definition) is 0. The van der Waals surface area contributed by atoms with Crippen molar-refractivity contribution in [2.45, 2.75) is 41.5 Å². The lowest BCUT2D eigenvalue weighted by Crippen LogP contribution is -2.41. The van der Waals surface area contributed by atoms with E-state index in [-0.39, 0.29) is 0 Å². The fraction of sp³-hybridized carbons (Fsp3) is 0.833. The van der Waals surface area contributed by atoms with Crippen LogP contribution in [0.5, 0.6) is 0 Å². The third-order valence-electron chi connectivity index (χ3n) is 3.68. The van der Waals surface area contributed by atoms with Crippen molar-refractivity contribution in [3.05, 3.63) is 0 Å². The van der Waals surface area contributed by atoms with Crippen LogP contribution in [0.2, 0.25) is 0 Å². The molecule has 12 heavy (non-hydrogen) atoms. The van der Waals surface area contributed by atoms with Crippen molar-refractivity contribution in [1.82, 2.24) is 0 Å². The third-order valence-corrected chi connectivity index (χ3v) is 3.68. The summed E-state index contributed by atoms with van der Waals surface area (Å²) >= 11 is 0. The Morgan fingerprint density at radius 3 is 1.50 bits per heavy atom. The van der Waals surface area contributed by atoms with E-state index in [4.69, 9.17) is 0 Å². The lowest BCUT2D eigenvalue weighted by molar-refractivity contribution is 0.0613. The summed E-state index contributed by atoms with van der Waals surface area (Å²) in [6, 6.07) is 0. The van der Waals surface area contributed by atoms with E-state index in [0.29, 0.717) is 22.7 Å². The zero-order valence-electron chi connectivity index (χ0n) is 9.15. The molecule has 0 saturated heterocycles. The monoisotopic (exact) mass is 164 g/mol. The van der Waals surface area contributed by atoms with E-state index in [1.54, 1.807) is 0 Å². The van der Waals surface area contributed by atoms with Crippen molar-refractivity contribution >= 4 is 0 Å². The van der Waals surface area contributed by atoms with E-state index in [1.165, 1.54) is 0 Å². The minimum atomic E-state index is 0.331. The molecule has 0 nitrogen and oxygen atoms in total. The molecule has 0 saturated carbocycles. The molecule has 0 bridgehead atoms. The standard InChI is InChI=1S/C12H20/c1-9-7-8-10(9)12(5,6)11(2,3)4/h9-10H,1-6H3. The normalized spacial score (nSPS) is 28.8. The summed E-state index contributed by atoms with van der Waals surface area (Å²) in [5.74, 6) is 7.67. The molecule has 0 heteroatoms. The van der Waals surface area contributed by atoms with Gasteiger partial charge in [0, 0.05) is 11.8 Å². The maximum atomic E-state index is 3.29. The Bertz CT molecular complexity index is 229. The van der Waals surface area contributed by atoms with Gasteiger partial charge in [-0.15, -0.1) is 0 Å². The molecular formula is C12H20. The highest BCUT2D eigenvalue weighted by Gasteiger charge is 2.43. The van der Waals surface area contributed by atoms with Gasteiger partial charge in [-0.2, -0.15) is 0 Å². The van der Waals surface area contributed by atoms with Crippen LogP contribution in [-0.2, 0) is 0 Å². The molecule has 2 unspecified atom stereocenters. The van der Waals surface area contributed by atoms with Gasteiger partial charge < -0.3 is 0 Å². The molecule has 0 radical (unpaired) electrons. The molecule has 1 aliphatic carbocycles. The first-order valence-electron chi connectivity index (χ1n) is 4.78. The van der Waals surface area contributed by atoms with Crippen LogP contribution >= 0.6 is 0 Å². The van der Waals surface area contributed by atoms with E-state index >= 15 is 0 Å². The van der Waals surface area contributed by atoms with Crippen molar-refractivity contribution in [3.63, 3.8) is 0 Å².